The fourth-order valence-electron chi connectivity index (χ4n) is 2.06. The second-order valence-electron chi connectivity index (χ2n) is 5.37. The molecule has 2 aromatic rings. The molecule has 1 heterocycles. The third kappa shape index (κ3) is 5.88. The van der Waals surface area contributed by atoms with E-state index in [0.717, 1.165) is 11.1 Å². The number of rotatable bonds is 6. The van der Waals surface area contributed by atoms with Crippen LogP contribution in [0.1, 0.15) is 31.0 Å². The Hall–Kier alpha value is -1.82. The first kappa shape index (κ1) is 19.5. The average molecular weight is 398 g/mol. The van der Waals surface area contributed by atoms with Crippen LogP contribution in [0.3, 0.4) is 0 Å². The van der Waals surface area contributed by atoms with Gasteiger partial charge in [0.05, 0.1) is 6.04 Å². The third-order valence-corrected chi connectivity index (χ3v) is 4.67. The molecule has 7 heteroatoms. The number of amides is 1. The number of hydrogen-bond acceptors (Lipinski definition) is 4. The van der Waals surface area contributed by atoms with Crippen molar-refractivity contribution in [1.29, 1.82) is 0 Å². The molecule has 0 radical (unpaired) electrons. The molecule has 1 amide bonds. The molecule has 1 aromatic carbocycles. The van der Waals surface area contributed by atoms with Gasteiger partial charge in [0.2, 0.25) is 0 Å². The van der Waals surface area contributed by atoms with Crippen molar-refractivity contribution in [2.45, 2.75) is 26.0 Å². The molecular weight excluding hydrogens is 381 g/mol. The maximum Gasteiger partial charge on any atom is 0.331 e. The van der Waals surface area contributed by atoms with E-state index < -0.39 is 18.0 Å². The van der Waals surface area contributed by atoms with Crippen LogP contribution in [-0.4, -0.2) is 18.0 Å². The maximum absolute atomic E-state index is 12.2. The summed E-state index contributed by atoms with van der Waals surface area (Å²) in [5.41, 5.74) is 1.64. The van der Waals surface area contributed by atoms with Crippen LogP contribution in [0.4, 0.5) is 0 Å². The summed E-state index contributed by atoms with van der Waals surface area (Å²) in [6.07, 6.45) is 2.01. The molecule has 0 aliphatic rings. The first-order valence-electron chi connectivity index (χ1n) is 7.53. The Bertz CT molecular complexity index is 775. The van der Waals surface area contributed by atoms with Crippen LogP contribution in [0.5, 0.6) is 0 Å². The van der Waals surface area contributed by atoms with Crippen molar-refractivity contribution in [3.05, 3.63) is 62.3 Å². The van der Waals surface area contributed by atoms with Gasteiger partial charge < -0.3 is 10.1 Å². The van der Waals surface area contributed by atoms with E-state index >= 15 is 0 Å². The third-order valence-electron chi connectivity index (χ3n) is 3.40. The number of ether oxygens (including phenoxy) is 1. The Balaban J connectivity index is 1.89. The average Bonchev–Trinajstić information content (AvgIpc) is 3.06. The minimum Gasteiger partial charge on any atom is -0.449 e. The molecule has 0 aliphatic heterocycles. The SMILES string of the molecule is C[C@@H](OC(=O)/C=C/c1ccsc1)C(=O)N[C@H](C)c1ccc(Cl)cc1Cl. The van der Waals surface area contributed by atoms with Gasteiger partial charge >= 0.3 is 5.97 Å². The quantitative estimate of drug-likeness (QED) is 0.558. The van der Waals surface area contributed by atoms with Crippen LogP contribution in [0.15, 0.2) is 41.1 Å². The highest BCUT2D eigenvalue weighted by Crippen LogP contribution is 2.26. The normalized spacial score (nSPS) is 13.4. The summed E-state index contributed by atoms with van der Waals surface area (Å²) >= 11 is 13.5. The molecule has 0 spiro atoms. The van der Waals surface area contributed by atoms with Crippen LogP contribution in [-0.2, 0) is 14.3 Å². The topological polar surface area (TPSA) is 55.4 Å². The zero-order valence-corrected chi connectivity index (χ0v) is 16.0. The predicted molar refractivity (Wildman–Crippen MR) is 102 cm³/mol. The molecule has 2 rings (SSSR count). The lowest BCUT2D eigenvalue weighted by molar-refractivity contribution is -0.150. The van der Waals surface area contributed by atoms with E-state index in [0.29, 0.717) is 10.0 Å². The Morgan fingerprint density at radius 1 is 1.24 bits per heavy atom. The van der Waals surface area contributed by atoms with E-state index in [1.165, 1.54) is 24.3 Å². The number of nitrogens with one attached hydrogen (secondary N) is 1. The lowest BCUT2D eigenvalue weighted by atomic mass is 10.1. The number of hydrogen-bond donors (Lipinski definition) is 1. The van der Waals surface area contributed by atoms with Crippen molar-refractivity contribution in [3.8, 4) is 0 Å². The Kier molecular flexibility index (Phi) is 7.05. The monoisotopic (exact) mass is 397 g/mol. The fourth-order valence-corrected chi connectivity index (χ4v) is 3.26. The number of benzene rings is 1. The summed E-state index contributed by atoms with van der Waals surface area (Å²) in [7, 11) is 0. The lowest BCUT2D eigenvalue weighted by Crippen LogP contribution is -2.37. The van der Waals surface area contributed by atoms with Gasteiger partial charge in [-0.1, -0.05) is 29.3 Å². The number of thiophene rings is 1. The maximum atomic E-state index is 12.2. The van der Waals surface area contributed by atoms with Crippen LogP contribution < -0.4 is 5.32 Å². The van der Waals surface area contributed by atoms with Gasteiger partial charge in [-0.25, -0.2) is 4.79 Å². The Morgan fingerprint density at radius 3 is 2.64 bits per heavy atom. The molecule has 2 atom stereocenters. The van der Waals surface area contributed by atoms with Gasteiger partial charge in [-0.2, -0.15) is 11.3 Å². The highest BCUT2D eigenvalue weighted by atomic mass is 35.5. The molecule has 132 valence electrons. The molecule has 0 bridgehead atoms. The zero-order valence-electron chi connectivity index (χ0n) is 13.7. The van der Waals surface area contributed by atoms with Gasteiger partial charge in [-0.15, -0.1) is 0 Å². The van der Waals surface area contributed by atoms with Crippen molar-refractivity contribution in [2.24, 2.45) is 0 Å². The van der Waals surface area contributed by atoms with Crippen molar-refractivity contribution in [3.63, 3.8) is 0 Å². The summed E-state index contributed by atoms with van der Waals surface area (Å²) in [6, 6.07) is 6.59. The molecule has 0 unspecified atom stereocenters. The summed E-state index contributed by atoms with van der Waals surface area (Å²) < 4.78 is 5.11. The van der Waals surface area contributed by atoms with E-state index in [2.05, 4.69) is 5.32 Å². The predicted octanol–water partition coefficient (Wildman–Crippen LogP) is 4.88. The van der Waals surface area contributed by atoms with Gasteiger partial charge in [0.15, 0.2) is 6.10 Å². The van der Waals surface area contributed by atoms with Crippen LogP contribution >= 0.6 is 34.5 Å². The molecule has 0 aliphatic carbocycles. The Morgan fingerprint density at radius 2 is 2.00 bits per heavy atom. The summed E-state index contributed by atoms with van der Waals surface area (Å²) in [5.74, 6) is -0.984. The summed E-state index contributed by atoms with van der Waals surface area (Å²) in [4.78, 5) is 24.0. The first-order chi connectivity index (χ1) is 11.9. The van der Waals surface area contributed by atoms with E-state index in [1.54, 1.807) is 31.2 Å². The van der Waals surface area contributed by atoms with Crippen molar-refractivity contribution >= 4 is 52.5 Å². The summed E-state index contributed by atoms with van der Waals surface area (Å²) in [6.45, 7) is 3.31. The van der Waals surface area contributed by atoms with Gasteiger partial charge in [0.1, 0.15) is 0 Å². The fraction of sp³-hybridized carbons (Fsp3) is 0.222. The minimum atomic E-state index is -0.923. The van der Waals surface area contributed by atoms with Crippen LogP contribution in [0.25, 0.3) is 6.08 Å². The second-order valence-corrected chi connectivity index (χ2v) is 6.99. The first-order valence-corrected chi connectivity index (χ1v) is 9.23. The lowest BCUT2D eigenvalue weighted by Gasteiger charge is -2.19. The van der Waals surface area contributed by atoms with Gasteiger partial charge in [-0.3, -0.25) is 4.79 Å². The molecule has 0 fully saturated rings. The standard InChI is InChI=1S/C18H17Cl2NO3S/c1-11(15-5-4-14(19)9-16(15)20)21-18(23)12(2)24-17(22)6-3-13-7-8-25-10-13/h3-12H,1-2H3,(H,21,23)/b6-3+/t11-,12-/m1/s1. The van der Waals surface area contributed by atoms with Gasteiger partial charge in [0.25, 0.3) is 5.91 Å². The number of halogens is 2. The van der Waals surface area contributed by atoms with Crippen LogP contribution in [0.2, 0.25) is 10.0 Å². The van der Waals surface area contributed by atoms with Crippen LogP contribution in [0, 0.1) is 0 Å². The molecule has 0 saturated carbocycles. The summed E-state index contributed by atoms with van der Waals surface area (Å²) in [5, 5.41) is 7.55. The second kappa shape index (κ2) is 9.04. The van der Waals surface area contributed by atoms with Gasteiger partial charge in [0, 0.05) is 16.1 Å². The van der Waals surface area contributed by atoms with Crippen molar-refractivity contribution in [1.82, 2.24) is 5.32 Å². The highest BCUT2D eigenvalue weighted by molar-refractivity contribution is 7.08. The van der Waals surface area contributed by atoms with E-state index in [1.807, 2.05) is 16.8 Å². The minimum absolute atomic E-state index is 0.347. The Labute approximate surface area is 160 Å². The van der Waals surface area contributed by atoms with E-state index in [-0.39, 0.29) is 6.04 Å². The molecule has 25 heavy (non-hydrogen) atoms. The molecular formula is C18H17Cl2NO3S. The van der Waals surface area contributed by atoms with Gasteiger partial charge in [-0.05, 0) is 60.0 Å². The van der Waals surface area contributed by atoms with E-state index in [4.69, 9.17) is 27.9 Å². The highest BCUT2D eigenvalue weighted by Gasteiger charge is 2.20. The van der Waals surface area contributed by atoms with E-state index in [9.17, 15) is 9.59 Å². The molecule has 1 aromatic heterocycles. The largest absolute Gasteiger partial charge is 0.449 e. The smallest absolute Gasteiger partial charge is 0.331 e. The van der Waals surface area contributed by atoms with Crippen molar-refractivity contribution in [2.75, 3.05) is 0 Å². The van der Waals surface area contributed by atoms with Crippen molar-refractivity contribution < 1.29 is 14.3 Å². The number of carbonyl (C=O) groups is 2. The molecule has 1 N–H and O–H groups in total. The number of carbonyl (C=O) groups excluding carboxylic acids is 2. The number of esters is 1. The zero-order chi connectivity index (χ0) is 18.4. The molecule has 4 nitrogen and oxygen atoms in total. The molecule has 0 saturated heterocycles.